The molecule has 1 rings (SSSR count). The molecule has 6 heteroatoms. The molecule has 0 aliphatic rings. The Morgan fingerprint density at radius 3 is 2.47 bits per heavy atom. The minimum Gasteiger partial charge on any atom is -0.480 e. The van der Waals surface area contributed by atoms with E-state index < -0.39 is 18.0 Å². The second-order valence-electron chi connectivity index (χ2n) is 4.34. The van der Waals surface area contributed by atoms with Crippen molar-refractivity contribution in [1.82, 2.24) is 5.32 Å². The number of anilines is 1. The molecule has 0 radical (unpaired) electrons. The SMILES string of the molecule is CC[C@@H](NC(=O)Nc1c(C)cc(C)cc1Br)C(=O)O. The lowest BCUT2D eigenvalue weighted by Crippen LogP contribution is -2.42. The second-order valence-corrected chi connectivity index (χ2v) is 5.19. The molecule has 2 amide bonds. The van der Waals surface area contributed by atoms with Crippen LogP contribution in [0.15, 0.2) is 16.6 Å². The highest BCUT2D eigenvalue weighted by Gasteiger charge is 2.18. The lowest BCUT2D eigenvalue weighted by molar-refractivity contribution is -0.139. The minimum absolute atomic E-state index is 0.330. The van der Waals surface area contributed by atoms with E-state index in [1.54, 1.807) is 6.92 Å². The van der Waals surface area contributed by atoms with Crippen molar-refractivity contribution in [2.75, 3.05) is 5.32 Å². The average molecular weight is 329 g/mol. The van der Waals surface area contributed by atoms with Crippen LogP contribution < -0.4 is 10.6 Å². The van der Waals surface area contributed by atoms with Gasteiger partial charge in [-0.3, -0.25) is 0 Å². The van der Waals surface area contributed by atoms with Crippen LogP contribution in [0.25, 0.3) is 0 Å². The number of carbonyl (C=O) groups excluding carboxylic acids is 1. The summed E-state index contributed by atoms with van der Waals surface area (Å²) in [5.41, 5.74) is 2.63. The number of aliphatic carboxylic acids is 1. The first-order valence-electron chi connectivity index (χ1n) is 5.92. The Bertz CT molecular complexity index is 480. The number of carboxylic acids is 1. The average Bonchev–Trinajstić information content (AvgIpc) is 2.30. The van der Waals surface area contributed by atoms with Crippen LogP contribution >= 0.6 is 15.9 Å². The molecule has 0 aliphatic carbocycles. The summed E-state index contributed by atoms with van der Waals surface area (Å²) in [6, 6.07) is 2.41. The van der Waals surface area contributed by atoms with Gasteiger partial charge in [0.2, 0.25) is 0 Å². The predicted octanol–water partition coefficient (Wildman–Crippen LogP) is 3.05. The summed E-state index contributed by atoms with van der Waals surface area (Å²) < 4.78 is 0.767. The van der Waals surface area contributed by atoms with Gasteiger partial charge in [-0.2, -0.15) is 0 Å². The third kappa shape index (κ3) is 4.24. The summed E-state index contributed by atoms with van der Waals surface area (Å²) in [5, 5.41) is 14.0. The summed E-state index contributed by atoms with van der Waals surface area (Å²) in [5.74, 6) is -1.04. The Morgan fingerprint density at radius 2 is 2.00 bits per heavy atom. The van der Waals surface area contributed by atoms with Gasteiger partial charge in [-0.05, 0) is 53.4 Å². The first kappa shape index (κ1) is 15.5. The molecule has 0 unspecified atom stereocenters. The van der Waals surface area contributed by atoms with Crippen molar-refractivity contribution in [1.29, 1.82) is 0 Å². The van der Waals surface area contributed by atoms with Gasteiger partial charge in [0.05, 0.1) is 5.69 Å². The van der Waals surface area contributed by atoms with Gasteiger partial charge >= 0.3 is 12.0 Å². The molecule has 0 aliphatic heterocycles. The third-order valence-corrected chi connectivity index (χ3v) is 3.31. The van der Waals surface area contributed by atoms with E-state index in [0.717, 1.165) is 15.6 Å². The molecule has 0 fully saturated rings. The zero-order chi connectivity index (χ0) is 14.6. The number of carbonyl (C=O) groups is 2. The van der Waals surface area contributed by atoms with E-state index in [1.165, 1.54) is 0 Å². The van der Waals surface area contributed by atoms with Crippen LogP contribution in [-0.4, -0.2) is 23.1 Å². The predicted molar refractivity (Wildman–Crippen MR) is 77.5 cm³/mol. The molecule has 104 valence electrons. The van der Waals surface area contributed by atoms with Crippen LogP contribution in [0, 0.1) is 13.8 Å². The molecule has 0 saturated carbocycles. The fraction of sp³-hybridized carbons (Fsp3) is 0.385. The molecule has 1 atom stereocenters. The number of aryl methyl sites for hydroxylation is 2. The van der Waals surface area contributed by atoms with E-state index in [4.69, 9.17) is 5.11 Å². The summed E-state index contributed by atoms with van der Waals surface area (Å²) >= 11 is 3.38. The molecule has 1 aromatic carbocycles. The van der Waals surface area contributed by atoms with Crippen LogP contribution in [0.3, 0.4) is 0 Å². The molecular formula is C13H17BrN2O3. The minimum atomic E-state index is -1.04. The van der Waals surface area contributed by atoms with Crippen molar-refractivity contribution >= 4 is 33.6 Å². The van der Waals surface area contributed by atoms with Crippen LogP contribution in [0.4, 0.5) is 10.5 Å². The van der Waals surface area contributed by atoms with Gasteiger partial charge in [0.15, 0.2) is 0 Å². The maximum Gasteiger partial charge on any atom is 0.326 e. The normalized spacial score (nSPS) is 11.8. The number of urea groups is 1. The van der Waals surface area contributed by atoms with E-state index in [9.17, 15) is 9.59 Å². The number of nitrogens with one attached hydrogen (secondary N) is 2. The molecule has 5 nitrogen and oxygen atoms in total. The lowest BCUT2D eigenvalue weighted by Gasteiger charge is -2.15. The summed E-state index contributed by atoms with van der Waals surface area (Å²) in [7, 11) is 0. The molecule has 0 spiro atoms. The standard InChI is InChI=1S/C13H17BrN2O3/c1-4-10(12(17)18)15-13(19)16-11-8(3)5-7(2)6-9(11)14/h5-6,10H,4H2,1-3H3,(H,17,18)(H2,15,16,19)/t10-/m1/s1. The van der Waals surface area contributed by atoms with Crippen LogP contribution in [0.1, 0.15) is 24.5 Å². The van der Waals surface area contributed by atoms with E-state index in [0.29, 0.717) is 12.1 Å². The number of rotatable bonds is 4. The van der Waals surface area contributed by atoms with Gasteiger partial charge < -0.3 is 15.7 Å². The van der Waals surface area contributed by atoms with E-state index in [-0.39, 0.29) is 0 Å². The lowest BCUT2D eigenvalue weighted by atomic mass is 10.1. The monoisotopic (exact) mass is 328 g/mol. The molecule has 1 aromatic rings. The number of carboxylic acid groups (broad SMARTS) is 1. The van der Waals surface area contributed by atoms with E-state index in [1.807, 2.05) is 26.0 Å². The summed E-state index contributed by atoms with van der Waals surface area (Å²) in [6.07, 6.45) is 0.330. The number of amides is 2. The van der Waals surface area contributed by atoms with Crippen molar-refractivity contribution in [3.05, 3.63) is 27.7 Å². The maximum absolute atomic E-state index is 11.8. The van der Waals surface area contributed by atoms with E-state index >= 15 is 0 Å². The Kier molecular flexibility index (Phi) is 5.35. The topological polar surface area (TPSA) is 78.4 Å². The highest BCUT2D eigenvalue weighted by molar-refractivity contribution is 9.10. The molecule has 3 N–H and O–H groups in total. The molecule has 0 aromatic heterocycles. The van der Waals surface area contributed by atoms with Crippen molar-refractivity contribution < 1.29 is 14.7 Å². The van der Waals surface area contributed by atoms with Crippen molar-refractivity contribution in [2.24, 2.45) is 0 Å². The quantitative estimate of drug-likeness (QED) is 0.794. The molecule has 0 heterocycles. The molecular weight excluding hydrogens is 312 g/mol. The van der Waals surface area contributed by atoms with Crippen molar-refractivity contribution in [2.45, 2.75) is 33.2 Å². The van der Waals surface area contributed by atoms with Gasteiger partial charge in [0.25, 0.3) is 0 Å². The Labute approximate surface area is 120 Å². The highest BCUT2D eigenvalue weighted by atomic mass is 79.9. The van der Waals surface area contributed by atoms with Gasteiger partial charge in [-0.1, -0.05) is 13.0 Å². The maximum atomic E-state index is 11.8. The Morgan fingerprint density at radius 1 is 1.37 bits per heavy atom. The zero-order valence-electron chi connectivity index (χ0n) is 11.1. The Balaban J connectivity index is 2.80. The largest absolute Gasteiger partial charge is 0.480 e. The Hall–Kier alpha value is -1.56. The smallest absolute Gasteiger partial charge is 0.326 e. The molecule has 0 bridgehead atoms. The van der Waals surface area contributed by atoms with Crippen LogP contribution in [0.5, 0.6) is 0 Å². The fourth-order valence-corrected chi connectivity index (χ4v) is 2.49. The first-order chi connectivity index (χ1) is 8.85. The highest BCUT2D eigenvalue weighted by Crippen LogP contribution is 2.27. The van der Waals surface area contributed by atoms with Gasteiger partial charge in [0, 0.05) is 4.47 Å². The van der Waals surface area contributed by atoms with Gasteiger partial charge in [-0.25, -0.2) is 9.59 Å². The number of halogens is 1. The number of hydrogen-bond acceptors (Lipinski definition) is 2. The zero-order valence-corrected chi connectivity index (χ0v) is 12.7. The summed E-state index contributed by atoms with van der Waals surface area (Å²) in [6.45, 7) is 5.53. The molecule has 19 heavy (non-hydrogen) atoms. The van der Waals surface area contributed by atoms with Crippen LogP contribution in [-0.2, 0) is 4.79 Å². The van der Waals surface area contributed by atoms with Crippen molar-refractivity contribution in [3.63, 3.8) is 0 Å². The third-order valence-electron chi connectivity index (χ3n) is 2.68. The number of benzene rings is 1. The second kappa shape index (κ2) is 6.56. The first-order valence-corrected chi connectivity index (χ1v) is 6.71. The number of hydrogen-bond donors (Lipinski definition) is 3. The molecule has 0 saturated heterocycles. The van der Waals surface area contributed by atoms with Crippen molar-refractivity contribution in [3.8, 4) is 0 Å². The fourth-order valence-electron chi connectivity index (χ4n) is 1.72. The van der Waals surface area contributed by atoms with Gasteiger partial charge in [0.1, 0.15) is 6.04 Å². The summed E-state index contributed by atoms with van der Waals surface area (Å²) in [4.78, 5) is 22.6. The van der Waals surface area contributed by atoms with E-state index in [2.05, 4.69) is 26.6 Å². The van der Waals surface area contributed by atoms with Crippen LogP contribution in [0.2, 0.25) is 0 Å². The van der Waals surface area contributed by atoms with Gasteiger partial charge in [-0.15, -0.1) is 0 Å².